The summed E-state index contributed by atoms with van der Waals surface area (Å²) in [5.74, 6) is 0.0962. The third kappa shape index (κ3) is 5.32. The molecule has 156 valence electrons. The number of nitro benzene ring substituents is 1. The van der Waals surface area contributed by atoms with E-state index < -0.39 is 4.92 Å². The van der Waals surface area contributed by atoms with Crippen LogP contribution in [0.4, 0.5) is 21.5 Å². The molecule has 0 unspecified atom stereocenters. The van der Waals surface area contributed by atoms with E-state index in [1.807, 2.05) is 0 Å². The fourth-order valence-corrected chi connectivity index (χ4v) is 3.31. The van der Waals surface area contributed by atoms with Gasteiger partial charge in [-0.05, 0) is 37.3 Å². The Morgan fingerprint density at radius 3 is 2.60 bits per heavy atom. The van der Waals surface area contributed by atoms with Crippen molar-refractivity contribution in [1.29, 1.82) is 0 Å². The topological polar surface area (TPSA) is 115 Å². The number of nitro groups is 1. The number of thioether (sulfide) groups is 1. The second-order valence-electron chi connectivity index (χ2n) is 6.41. The predicted molar refractivity (Wildman–Crippen MR) is 112 cm³/mol. The molecule has 2 N–H and O–H groups in total. The zero-order valence-corrected chi connectivity index (χ0v) is 17.1. The molecule has 0 fully saturated rings. The first kappa shape index (κ1) is 21.2. The number of nitrogens with zero attached hydrogens (tertiary/aromatic N) is 4. The first-order valence-electron chi connectivity index (χ1n) is 8.89. The average molecular weight is 430 g/mol. The Morgan fingerprint density at radius 1 is 1.20 bits per heavy atom. The van der Waals surface area contributed by atoms with Crippen LogP contribution in [0.1, 0.15) is 11.4 Å². The van der Waals surface area contributed by atoms with Crippen molar-refractivity contribution in [1.82, 2.24) is 14.8 Å². The number of carbonyl (C=O) groups excluding carboxylic acids is 1. The normalized spacial score (nSPS) is 10.6. The van der Waals surface area contributed by atoms with Gasteiger partial charge in [0.25, 0.3) is 5.69 Å². The Morgan fingerprint density at radius 2 is 1.90 bits per heavy atom. The summed E-state index contributed by atoms with van der Waals surface area (Å²) < 4.78 is 14.7. The van der Waals surface area contributed by atoms with Crippen LogP contribution in [0.5, 0.6) is 0 Å². The summed E-state index contributed by atoms with van der Waals surface area (Å²) in [5.41, 5.74) is 1.58. The maximum absolute atomic E-state index is 13.0. The molecule has 1 aromatic heterocycles. The van der Waals surface area contributed by atoms with Crippen LogP contribution < -0.4 is 10.6 Å². The van der Waals surface area contributed by atoms with Crippen molar-refractivity contribution in [2.75, 3.05) is 16.4 Å². The summed E-state index contributed by atoms with van der Waals surface area (Å²) in [4.78, 5) is 22.7. The van der Waals surface area contributed by atoms with Gasteiger partial charge in [0, 0.05) is 30.1 Å². The highest BCUT2D eigenvalue weighted by Crippen LogP contribution is 2.23. The van der Waals surface area contributed by atoms with E-state index in [9.17, 15) is 19.3 Å². The second-order valence-corrected chi connectivity index (χ2v) is 7.36. The van der Waals surface area contributed by atoms with E-state index in [1.165, 1.54) is 30.0 Å². The van der Waals surface area contributed by atoms with Crippen LogP contribution in [0.3, 0.4) is 0 Å². The molecule has 0 aliphatic carbocycles. The molecule has 1 heterocycles. The van der Waals surface area contributed by atoms with Gasteiger partial charge in [-0.2, -0.15) is 0 Å². The van der Waals surface area contributed by atoms with E-state index in [-0.39, 0.29) is 23.2 Å². The fraction of sp³-hybridized carbons (Fsp3) is 0.211. The molecule has 3 aromatic rings. The van der Waals surface area contributed by atoms with Crippen molar-refractivity contribution >= 4 is 34.7 Å². The fourth-order valence-electron chi connectivity index (χ4n) is 2.58. The van der Waals surface area contributed by atoms with E-state index in [2.05, 4.69) is 20.8 Å². The molecule has 30 heavy (non-hydrogen) atoms. The third-order valence-corrected chi connectivity index (χ3v) is 5.26. The first-order chi connectivity index (χ1) is 14.3. The first-order valence-corrected chi connectivity index (χ1v) is 9.87. The number of benzene rings is 2. The Bertz CT molecular complexity index is 1070. The summed E-state index contributed by atoms with van der Waals surface area (Å²) in [6.45, 7) is 2.02. The molecule has 9 nitrogen and oxygen atoms in total. The van der Waals surface area contributed by atoms with Gasteiger partial charge in [0.15, 0.2) is 11.0 Å². The molecule has 11 heteroatoms. The van der Waals surface area contributed by atoms with Crippen molar-refractivity contribution in [2.24, 2.45) is 7.05 Å². The van der Waals surface area contributed by atoms with Gasteiger partial charge in [-0.1, -0.05) is 17.8 Å². The smallest absolute Gasteiger partial charge is 0.274 e. The van der Waals surface area contributed by atoms with Crippen LogP contribution >= 0.6 is 11.8 Å². The van der Waals surface area contributed by atoms with Crippen LogP contribution in [-0.2, 0) is 18.4 Å². The zero-order valence-electron chi connectivity index (χ0n) is 16.3. The molecular formula is C19H19FN6O3S. The van der Waals surface area contributed by atoms with Gasteiger partial charge in [0.2, 0.25) is 5.91 Å². The zero-order chi connectivity index (χ0) is 21.7. The predicted octanol–water partition coefficient (Wildman–Crippen LogP) is 3.51. The van der Waals surface area contributed by atoms with Crippen LogP contribution in [0, 0.1) is 22.9 Å². The monoisotopic (exact) mass is 430 g/mol. The maximum Gasteiger partial charge on any atom is 0.274 e. The summed E-state index contributed by atoms with van der Waals surface area (Å²) in [6, 6.07) is 10.5. The van der Waals surface area contributed by atoms with Gasteiger partial charge in [0.1, 0.15) is 5.82 Å². The quantitative estimate of drug-likeness (QED) is 0.319. The summed E-state index contributed by atoms with van der Waals surface area (Å²) in [5, 5.41) is 25.5. The minimum atomic E-state index is -0.485. The number of aryl methyl sites for hydroxylation is 1. The molecular weight excluding hydrogens is 411 g/mol. The molecule has 2 aromatic carbocycles. The van der Waals surface area contributed by atoms with Crippen molar-refractivity contribution in [3.8, 4) is 0 Å². The Labute approximate surface area is 175 Å². The molecule has 0 saturated heterocycles. The average Bonchev–Trinajstić information content (AvgIpc) is 3.07. The second kappa shape index (κ2) is 9.35. The molecule has 0 atom stereocenters. The lowest BCUT2D eigenvalue weighted by molar-refractivity contribution is -0.385. The molecule has 0 radical (unpaired) electrons. The number of hydrogen-bond acceptors (Lipinski definition) is 7. The highest BCUT2D eigenvalue weighted by atomic mass is 32.2. The van der Waals surface area contributed by atoms with Gasteiger partial charge in [0.05, 0.1) is 17.2 Å². The number of anilines is 2. The van der Waals surface area contributed by atoms with E-state index in [4.69, 9.17) is 0 Å². The highest BCUT2D eigenvalue weighted by Gasteiger charge is 2.14. The number of carbonyl (C=O) groups is 1. The van der Waals surface area contributed by atoms with Crippen LogP contribution in [0.2, 0.25) is 0 Å². The molecule has 1 amide bonds. The molecule has 0 spiro atoms. The Hall–Kier alpha value is -3.47. The summed E-state index contributed by atoms with van der Waals surface area (Å²) in [7, 11) is 1.78. The van der Waals surface area contributed by atoms with Gasteiger partial charge in [-0.25, -0.2) is 4.39 Å². The van der Waals surface area contributed by atoms with Crippen molar-refractivity contribution in [2.45, 2.75) is 18.6 Å². The van der Waals surface area contributed by atoms with Gasteiger partial charge in [-0.15, -0.1) is 10.2 Å². The van der Waals surface area contributed by atoms with Gasteiger partial charge < -0.3 is 15.2 Å². The molecule has 0 saturated carbocycles. The summed E-state index contributed by atoms with van der Waals surface area (Å²) in [6.07, 6.45) is 0. The van der Waals surface area contributed by atoms with Crippen molar-refractivity contribution in [3.05, 3.63) is 69.8 Å². The van der Waals surface area contributed by atoms with E-state index in [1.54, 1.807) is 42.8 Å². The number of aromatic nitrogens is 3. The Kier molecular flexibility index (Phi) is 6.62. The minimum Gasteiger partial charge on any atom is -0.378 e. The van der Waals surface area contributed by atoms with Crippen LogP contribution in [-0.4, -0.2) is 31.3 Å². The van der Waals surface area contributed by atoms with Crippen molar-refractivity contribution in [3.63, 3.8) is 0 Å². The number of hydrogen-bond donors (Lipinski definition) is 2. The number of nitrogens with one attached hydrogen (secondary N) is 2. The molecule has 0 bridgehead atoms. The van der Waals surface area contributed by atoms with E-state index >= 15 is 0 Å². The van der Waals surface area contributed by atoms with E-state index in [0.717, 1.165) is 5.69 Å². The molecule has 0 aliphatic heterocycles. The SMILES string of the molecule is Cc1ccc(NC(=O)CSc2nnc(CNc3ccc(F)cc3)n2C)cc1[N+](=O)[O-]. The number of halogens is 1. The highest BCUT2D eigenvalue weighted by molar-refractivity contribution is 7.99. The number of amides is 1. The van der Waals surface area contributed by atoms with Crippen LogP contribution in [0.15, 0.2) is 47.6 Å². The van der Waals surface area contributed by atoms with Gasteiger partial charge >= 0.3 is 0 Å². The lowest BCUT2D eigenvalue weighted by Gasteiger charge is -2.07. The standard InChI is InChI=1S/C19H19FN6O3S/c1-12-3-6-15(9-16(12)26(28)29)22-18(27)11-30-19-24-23-17(25(19)2)10-21-14-7-4-13(20)5-8-14/h3-9,21H,10-11H2,1-2H3,(H,22,27). The third-order valence-electron chi connectivity index (χ3n) is 4.24. The Balaban J connectivity index is 1.54. The molecule has 3 rings (SSSR count). The number of rotatable bonds is 8. The largest absolute Gasteiger partial charge is 0.378 e. The maximum atomic E-state index is 13.0. The summed E-state index contributed by atoms with van der Waals surface area (Å²) >= 11 is 1.20. The van der Waals surface area contributed by atoms with E-state index in [0.29, 0.717) is 28.8 Å². The van der Waals surface area contributed by atoms with Crippen molar-refractivity contribution < 1.29 is 14.1 Å². The lowest BCUT2D eigenvalue weighted by Crippen LogP contribution is -2.15. The van der Waals surface area contributed by atoms with Crippen LogP contribution in [0.25, 0.3) is 0 Å². The minimum absolute atomic E-state index is 0.0490. The lowest BCUT2D eigenvalue weighted by atomic mass is 10.2. The molecule has 0 aliphatic rings. The van der Waals surface area contributed by atoms with Gasteiger partial charge in [-0.3, -0.25) is 14.9 Å².